The summed E-state index contributed by atoms with van der Waals surface area (Å²) in [5, 5.41) is 8.54. The Labute approximate surface area is 107 Å². The molecule has 1 aliphatic heterocycles. The van der Waals surface area contributed by atoms with Gasteiger partial charge in [0.05, 0.1) is 12.6 Å². The molecule has 0 aromatic rings. The van der Waals surface area contributed by atoms with Gasteiger partial charge in [0, 0.05) is 32.6 Å². The van der Waals surface area contributed by atoms with Crippen LogP contribution in [0, 0.1) is 12.3 Å². The first kappa shape index (κ1) is 14.5. The van der Waals surface area contributed by atoms with E-state index in [9.17, 15) is 9.59 Å². The van der Waals surface area contributed by atoms with Gasteiger partial charge in [0.25, 0.3) is 0 Å². The molecule has 0 aliphatic carbocycles. The van der Waals surface area contributed by atoms with Gasteiger partial charge >= 0.3 is 5.97 Å². The Kier molecular flexibility index (Phi) is 5.62. The maximum atomic E-state index is 11.9. The molecule has 18 heavy (non-hydrogen) atoms. The summed E-state index contributed by atoms with van der Waals surface area (Å²) in [6, 6.07) is -0.722. The molecule has 0 radical (unpaired) electrons. The first-order valence-electron chi connectivity index (χ1n) is 5.96. The quantitative estimate of drug-likeness (QED) is 0.611. The molecular weight excluding hydrogens is 234 g/mol. The van der Waals surface area contributed by atoms with Crippen molar-refractivity contribution in [3.05, 3.63) is 0 Å². The molecule has 0 aromatic heterocycles. The molecule has 100 valence electrons. The number of carboxylic acids is 1. The van der Waals surface area contributed by atoms with Crippen LogP contribution >= 0.6 is 0 Å². The number of hydrogen-bond acceptors (Lipinski definition) is 4. The number of terminal acetylenes is 1. The van der Waals surface area contributed by atoms with E-state index in [1.54, 1.807) is 4.90 Å². The van der Waals surface area contributed by atoms with Crippen LogP contribution in [0.25, 0.3) is 0 Å². The molecule has 0 aromatic carbocycles. The van der Waals surface area contributed by atoms with Gasteiger partial charge in [-0.3, -0.25) is 14.5 Å². The van der Waals surface area contributed by atoms with Crippen molar-refractivity contribution in [1.82, 2.24) is 9.80 Å². The van der Waals surface area contributed by atoms with Crippen LogP contribution in [0.4, 0.5) is 0 Å². The molecule has 6 nitrogen and oxygen atoms in total. The molecule has 0 spiro atoms. The number of carboxylic acid groups (broad SMARTS) is 1. The number of carbonyl (C=O) groups excluding carboxylic acids is 1. The second-order valence-electron chi connectivity index (χ2n) is 4.34. The average Bonchev–Trinajstić information content (AvgIpc) is 2.36. The first-order chi connectivity index (χ1) is 8.54. The Balaban J connectivity index is 2.35. The first-order valence-corrected chi connectivity index (χ1v) is 5.96. The van der Waals surface area contributed by atoms with Crippen LogP contribution in [0.1, 0.15) is 12.8 Å². The molecule has 1 heterocycles. The number of nitrogens with zero attached hydrogens (tertiary/aromatic N) is 2. The van der Waals surface area contributed by atoms with Gasteiger partial charge in [-0.15, -0.1) is 6.42 Å². The van der Waals surface area contributed by atoms with Gasteiger partial charge in [0.2, 0.25) is 5.91 Å². The summed E-state index contributed by atoms with van der Waals surface area (Å²) >= 11 is 0. The van der Waals surface area contributed by atoms with Gasteiger partial charge in [-0.2, -0.15) is 0 Å². The fourth-order valence-corrected chi connectivity index (χ4v) is 1.89. The zero-order valence-electron chi connectivity index (χ0n) is 10.3. The lowest BCUT2D eigenvalue weighted by Gasteiger charge is -2.34. The highest BCUT2D eigenvalue weighted by Gasteiger charge is 2.25. The second-order valence-corrected chi connectivity index (χ2v) is 4.34. The SMILES string of the molecule is C#CCN1CCN(C(=O)C(N)CCC(=O)O)CC1. The molecule has 1 saturated heterocycles. The highest BCUT2D eigenvalue weighted by atomic mass is 16.4. The van der Waals surface area contributed by atoms with E-state index in [4.69, 9.17) is 17.3 Å². The molecular formula is C12H19N3O3. The van der Waals surface area contributed by atoms with Crippen molar-refractivity contribution >= 4 is 11.9 Å². The van der Waals surface area contributed by atoms with E-state index in [1.165, 1.54) is 0 Å². The molecule has 1 fully saturated rings. The number of amides is 1. The van der Waals surface area contributed by atoms with E-state index in [-0.39, 0.29) is 18.7 Å². The van der Waals surface area contributed by atoms with Crippen molar-refractivity contribution < 1.29 is 14.7 Å². The van der Waals surface area contributed by atoms with Crippen molar-refractivity contribution in [2.24, 2.45) is 5.73 Å². The Bertz CT molecular complexity index is 343. The molecule has 1 rings (SSSR count). The predicted molar refractivity (Wildman–Crippen MR) is 66.7 cm³/mol. The topological polar surface area (TPSA) is 86.9 Å². The van der Waals surface area contributed by atoms with Crippen LogP contribution in [-0.4, -0.2) is 65.5 Å². The summed E-state index contributed by atoms with van der Waals surface area (Å²) in [6.07, 6.45) is 5.32. The van der Waals surface area contributed by atoms with E-state index in [0.29, 0.717) is 19.6 Å². The molecule has 1 unspecified atom stereocenters. The number of aliphatic carboxylic acids is 1. The Morgan fingerprint density at radius 3 is 2.44 bits per heavy atom. The minimum Gasteiger partial charge on any atom is -0.481 e. The smallest absolute Gasteiger partial charge is 0.303 e. The summed E-state index contributed by atoms with van der Waals surface area (Å²) in [5.74, 6) is 1.47. The maximum absolute atomic E-state index is 11.9. The number of carbonyl (C=O) groups is 2. The molecule has 0 bridgehead atoms. The van der Waals surface area contributed by atoms with Crippen molar-refractivity contribution in [2.45, 2.75) is 18.9 Å². The minimum atomic E-state index is -0.933. The van der Waals surface area contributed by atoms with E-state index in [2.05, 4.69) is 10.8 Å². The third-order valence-corrected chi connectivity index (χ3v) is 2.99. The summed E-state index contributed by atoms with van der Waals surface area (Å²) < 4.78 is 0. The second kappa shape index (κ2) is 6.99. The number of hydrogen-bond donors (Lipinski definition) is 2. The number of rotatable bonds is 5. The Morgan fingerprint density at radius 2 is 1.94 bits per heavy atom. The zero-order chi connectivity index (χ0) is 13.5. The highest BCUT2D eigenvalue weighted by Crippen LogP contribution is 2.05. The minimum absolute atomic E-state index is 0.0794. The molecule has 1 aliphatic rings. The monoisotopic (exact) mass is 253 g/mol. The van der Waals surface area contributed by atoms with Gasteiger partial charge in [-0.1, -0.05) is 5.92 Å². The van der Waals surface area contributed by atoms with Gasteiger partial charge in [-0.25, -0.2) is 0 Å². The van der Waals surface area contributed by atoms with Crippen LogP contribution < -0.4 is 5.73 Å². The highest BCUT2D eigenvalue weighted by molar-refractivity contribution is 5.82. The lowest BCUT2D eigenvalue weighted by molar-refractivity contribution is -0.138. The van der Waals surface area contributed by atoms with E-state index >= 15 is 0 Å². The van der Waals surface area contributed by atoms with Gasteiger partial charge in [0.1, 0.15) is 0 Å². The standard InChI is InChI=1S/C12H19N3O3/c1-2-5-14-6-8-15(9-7-14)12(18)10(13)3-4-11(16)17/h1,10H,3-9,13H2,(H,16,17). The summed E-state index contributed by atoms with van der Waals surface area (Å²) in [7, 11) is 0. The lowest BCUT2D eigenvalue weighted by atomic mass is 10.1. The zero-order valence-corrected chi connectivity index (χ0v) is 10.3. The van der Waals surface area contributed by atoms with E-state index in [1.807, 2.05) is 0 Å². The third-order valence-electron chi connectivity index (χ3n) is 2.99. The van der Waals surface area contributed by atoms with Gasteiger partial charge in [0.15, 0.2) is 0 Å². The normalized spacial score (nSPS) is 18.1. The van der Waals surface area contributed by atoms with Crippen molar-refractivity contribution in [1.29, 1.82) is 0 Å². The summed E-state index contributed by atoms with van der Waals surface area (Å²) in [5.41, 5.74) is 5.69. The molecule has 3 N–H and O–H groups in total. The fourth-order valence-electron chi connectivity index (χ4n) is 1.89. The van der Waals surface area contributed by atoms with E-state index < -0.39 is 12.0 Å². The van der Waals surface area contributed by atoms with Crippen LogP contribution in [-0.2, 0) is 9.59 Å². The van der Waals surface area contributed by atoms with Gasteiger partial charge < -0.3 is 15.7 Å². The van der Waals surface area contributed by atoms with Crippen molar-refractivity contribution in [2.75, 3.05) is 32.7 Å². The van der Waals surface area contributed by atoms with Crippen molar-refractivity contribution in [3.8, 4) is 12.3 Å². The summed E-state index contributed by atoms with van der Waals surface area (Å²) in [4.78, 5) is 26.1. The van der Waals surface area contributed by atoms with Gasteiger partial charge in [-0.05, 0) is 6.42 Å². The molecule has 1 amide bonds. The summed E-state index contributed by atoms with van der Waals surface area (Å²) in [6.45, 7) is 3.26. The predicted octanol–water partition coefficient (Wildman–Crippen LogP) is -1.04. The largest absolute Gasteiger partial charge is 0.481 e. The third kappa shape index (κ3) is 4.35. The number of nitrogens with two attached hydrogens (primary N) is 1. The fraction of sp³-hybridized carbons (Fsp3) is 0.667. The molecule has 0 saturated carbocycles. The van der Waals surface area contributed by atoms with Crippen LogP contribution in [0.2, 0.25) is 0 Å². The van der Waals surface area contributed by atoms with E-state index in [0.717, 1.165) is 13.1 Å². The van der Waals surface area contributed by atoms with Crippen LogP contribution in [0.3, 0.4) is 0 Å². The van der Waals surface area contributed by atoms with Crippen LogP contribution in [0.5, 0.6) is 0 Å². The Morgan fingerprint density at radius 1 is 1.33 bits per heavy atom. The molecule has 1 atom stereocenters. The maximum Gasteiger partial charge on any atom is 0.303 e. The van der Waals surface area contributed by atoms with Crippen molar-refractivity contribution in [3.63, 3.8) is 0 Å². The van der Waals surface area contributed by atoms with Crippen LogP contribution in [0.15, 0.2) is 0 Å². The Hall–Kier alpha value is -1.58. The average molecular weight is 253 g/mol. The lowest BCUT2D eigenvalue weighted by Crippen LogP contribution is -2.53. The molecule has 6 heteroatoms. The number of piperazine rings is 1.